The Hall–Kier alpha value is -1.59. The number of aliphatic hydroxyl groups excluding tert-OH is 1. The largest absolute Gasteiger partial charge is 0.392 e. The van der Waals surface area contributed by atoms with Gasteiger partial charge in [0.25, 0.3) is 0 Å². The summed E-state index contributed by atoms with van der Waals surface area (Å²) in [6.07, 6.45) is 2.40. The van der Waals surface area contributed by atoms with Gasteiger partial charge < -0.3 is 20.6 Å². The number of carbonyl (C=O) groups excluding carboxylic acids is 1. The molecule has 0 bridgehead atoms. The van der Waals surface area contributed by atoms with Crippen molar-refractivity contribution in [3.05, 3.63) is 35.4 Å². The Morgan fingerprint density at radius 1 is 1.29 bits per heavy atom. The van der Waals surface area contributed by atoms with Gasteiger partial charge >= 0.3 is 6.03 Å². The van der Waals surface area contributed by atoms with E-state index in [2.05, 4.69) is 29.4 Å². The second-order valence-corrected chi connectivity index (χ2v) is 7.15. The second kappa shape index (κ2) is 9.64. The molecule has 0 aromatic heterocycles. The van der Waals surface area contributed by atoms with Crippen LogP contribution in [0.1, 0.15) is 37.8 Å². The highest BCUT2D eigenvalue weighted by Gasteiger charge is 2.20. The average molecular weight is 333 g/mol. The summed E-state index contributed by atoms with van der Waals surface area (Å²) >= 11 is 0. The zero-order valence-corrected chi connectivity index (χ0v) is 14.9. The number of piperidine rings is 1. The molecule has 2 rings (SSSR count). The summed E-state index contributed by atoms with van der Waals surface area (Å²) in [5.74, 6) is 1.22. The number of amides is 2. The number of nitrogens with zero attached hydrogens (tertiary/aromatic N) is 1. The Kier molecular flexibility index (Phi) is 7.53. The topological polar surface area (TPSA) is 64.6 Å². The number of urea groups is 1. The Morgan fingerprint density at radius 3 is 2.75 bits per heavy atom. The Labute approximate surface area is 145 Å². The number of aliphatic hydroxyl groups is 1. The van der Waals surface area contributed by atoms with E-state index in [0.717, 1.165) is 30.8 Å². The number of likely N-dealkylation sites (tertiary alicyclic amines) is 1. The van der Waals surface area contributed by atoms with Crippen LogP contribution in [-0.2, 0) is 13.2 Å². The molecule has 24 heavy (non-hydrogen) atoms. The quantitative estimate of drug-likeness (QED) is 0.718. The smallest absolute Gasteiger partial charge is 0.315 e. The molecule has 5 nitrogen and oxygen atoms in total. The highest BCUT2D eigenvalue weighted by Crippen LogP contribution is 2.16. The first-order chi connectivity index (χ1) is 11.6. The summed E-state index contributed by atoms with van der Waals surface area (Å²) in [5.41, 5.74) is 1.81. The predicted octanol–water partition coefficient (Wildman–Crippen LogP) is 2.35. The van der Waals surface area contributed by atoms with Crippen molar-refractivity contribution in [1.29, 1.82) is 0 Å². The van der Waals surface area contributed by atoms with Crippen molar-refractivity contribution in [2.75, 3.05) is 26.2 Å². The van der Waals surface area contributed by atoms with Crippen LogP contribution in [0, 0.1) is 11.8 Å². The third-order valence-electron chi connectivity index (χ3n) is 4.51. The minimum atomic E-state index is -0.135. The molecule has 0 radical (unpaired) electrons. The van der Waals surface area contributed by atoms with Crippen molar-refractivity contribution in [3.8, 4) is 0 Å². The predicted molar refractivity (Wildman–Crippen MR) is 96.6 cm³/mol. The second-order valence-electron chi connectivity index (χ2n) is 7.15. The number of carbonyl (C=O) groups is 1. The van der Waals surface area contributed by atoms with Gasteiger partial charge in [-0.2, -0.15) is 0 Å². The highest BCUT2D eigenvalue weighted by molar-refractivity contribution is 5.73. The molecule has 0 spiro atoms. The third-order valence-corrected chi connectivity index (χ3v) is 4.51. The third kappa shape index (κ3) is 6.13. The molecule has 2 amide bonds. The van der Waals surface area contributed by atoms with Crippen molar-refractivity contribution >= 4 is 6.03 Å². The van der Waals surface area contributed by atoms with Crippen LogP contribution >= 0.6 is 0 Å². The molecule has 1 atom stereocenters. The number of hydrogen-bond acceptors (Lipinski definition) is 3. The van der Waals surface area contributed by atoms with Crippen molar-refractivity contribution in [3.63, 3.8) is 0 Å². The fraction of sp³-hybridized carbons (Fsp3) is 0.632. The van der Waals surface area contributed by atoms with E-state index in [1.807, 2.05) is 24.3 Å². The Bertz CT molecular complexity index is 519. The van der Waals surface area contributed by atoms with Gasteiger partial charge in [-0.25, -0.2) is 4.79 Å². The lowest BCUT2D eigenvalue weighted by molar-refractivity contribution is 0.157. The minimum absolute atomic E-state index is 0.00671. The minimum Gasteiger partial charge on any atom is -0.392 e. The molecule has 5 heteroatoms. The first kappa shape index (κ1) is 18.7. The fourth-order valence-electron chi connectivity index (χ4n) is 3.36. The fourth-order valence-corrected chi connectivity index (χ4v) is 3.36. The van der Waals surface area contributed by atoms with Crippen LogP contribution in [0.2, 0.25) is 0 Å². The standard InChI is InChI=1S/C19H31N3O2/c1-15(2)12-22-9-5-6-16(13-22)10-20-19(24)21-11-17-7-3-4-8-18(17)14-23/h3-4,7-8,15-16,23H,5-6,9-14H2,1-2H3,(H2,20,21,24). The zero-order chi connectivity index (χ0) is 17.4. The summed E-state index contributed by atoms with van der Waals surface area (Å²) in [5, 5.41) is 15.2. The van der Waals surface area contributed by atoms with Gasteiger partial charge in [0.1, 0.15) is 0 Å². The average Bonchev–Trinajstić information content (AvgIpc) is 2.58. The molecule has 1 saturated heterocycles. The number of rotatable bonds is 7. The molecule has 3 N–H and O–H groups in total. The van der Waals surface area contributed by atoms with Crippen LogP contribution in [-0.4, -0.2) is 42.2 Å². The van der Waals surface area contributed by atoms with E-state index < -0.39 is 0 Å². The van der Waals surface area contributed by atoms with Gasteiger partial charge in [0, 0.05) is 26.2 Å². The van der Waals surface area contributed by atoms with E-state index in [9.17, 15) is 9.90 Å². The van der Waals surface area contributed by atoms with E-state index >= 15 is 0 Å². The van der Waals surface area contributed by atoms with E-state index in [-0.39, 0.29) is 12.6 Å². The molecule has 1 aromatic rings. The summed E-state index contributed by atoms with van der Waals surface area (Å²) in [6, 6.07) is 7.47. The lowest BCUT2D eigenvalue weighted by Crippen LogP contribution is -2.44. The van der Waals surface area contributed by atoms with Crippen LogP contribution in [0.15, 0.2) is 24.3 Å². The van der Waals surface area contributed by atoms with Crippen molar-refractivity contribution in [2.24, 2.45) is 11.8 Å². The van der Waals surface area contributed by atoms with Crippen molar-refractivity contribution < 1.29 is 9.90 Å². The van der Waals surface area contributed by atoms with E-state index in [0.29, 0.717) is 18.4 Å². The number of hydrogen-bond donors (Lipinski definition) is 3. The van der Waals surface area contributed by atoms with Crippen LogP contribution in [0.4, 0.5) is 4.79 Å². The highest BCUT2D eigenvalue weighted by atomic mass is 16.3. The van der Waals surface area contributed by atoms with Crippen molar-refractivity contribution in [1.82, 2.24) is 15.5 Å². The first-order valence-corrected chi connectivity index (χ1v) is 9.00. The normalized spacial score (nSPS) is 18.6. The lowest BCUT2D eigenvalue weighted by Gasteiger charge is -2.33. The summed E-state index contributed by atoms with van der Waals surface area (Å²) in [6.45, 7) is 9.05. The van der Waals surface area contributed by atoms with Crippen LogP contribution in [0.25, 0.3) is 0 Å². The molecular weight excluding hydrogens is 302 g/mol. The first-order valence-electron chi connectivity index (χ1n) is 9.00. The van der Waals surface area contributed by atoms with Gasteiger partial charge in [-0.1, -0.05) is 38.1 Å². The maximum Gasteiger partial charge on any atom is 0.315 e. The molecule has 1 aliphatic heterocycles. The molecule has 1 fully saturated rings. The molecule has 134 valence electrons. The van der Waals surface area contributed by atoms with Gasteiger partial charge in [0.15, 0.2) is 0 Å². The maximum absolute atomic E-state index is 12.0. The van der Waals surface area contributed by atoms with Crippen molar-refractivity contribution in [2.45, 2.75) is 39.8 Å². The van der Waals surface area contributed by atoms with E-state index in [1.165, 1.54) is 19.4 Å². The summed E-state index contributed by atoms with van der Waals surface area (Å²) in [4.78, 5) is 14.5. The van der Waals surface area contributed by atoms with Crippen LogP contribution in [0.3, 0.4) is 0 Å². The van der Waals surface area contributed by atoms with E-state index in [1.54, 1.807) is 0 Å². The van der Waals surface area contributed by atoms with Gasteiger partial charge in [-0.05, 0) is 42.3 Å². The maximum atomic E-state index is 12.0. The van der Waals surface area contributed by atoms with Gasteiger partial charge in [0.2, 0.25) is 0 Å². The molecule has 0 aliphatic carbocycles. The number of benzene rings is 1. The summed E-state index contributed by atoms with van der Waals surface area (Å²) < 4.78 is 0. The molecule has 1 heterocycles. The SMILES string of the molecule is CC(C)CN1CCCC(CNC(=O)NCc2ccccc2CO)C1. The molecular formula is C19H31N3O2. The van der Waals surface area contributed by atoms with Gasteiger partial charge in [-0.3, -0.25) is 0 Å². The zero-order valence-electron chi connectivity index (χ0n) is 14.9. The Morgan fingerprint density at radius 2 is 2.04 bits per heavy atom. The molecule has 0 saturated carbocycles. The number of nitrogens with one attached hydrogen (secondary N) is 2. The lowest BCUT2D eigenvalue weighted by atomic mass is 9.97. The monoisotopic (exact) mass is 333 g/mol. The van der Waals surface area contributed by atoms with Crippen LogP contribution < -0.4 is 10.6 Å². The molecule has 1 aliphatic rings. The van der Waals surface area contributed by atoms with Crippen LogP contribution in [0.5, 0.6) is 0 Å². The molecule has 1 unspecified atom stereocenters. The van der Waals surface area contributed by atoms with E-state index in [4.69, 9.17) is 0 Å². The molecule has 1 aromatic carbocycles. The van der Waals surface area contributed by atoms with Gasteiger partial charge in [-0.15, -0.1) is 0 Å². The Balaban J connectivity index is 1.71. The summed E-state index contributed by atoms with van der Waals surface area (Å²) in [7, 11) is 0. The van der Waals surface area contributed by atoms with Gasteiger partial charge in [0.05, 0.1) is 6.61 Å².